The summed E-state index contributed by atoms with van der Waals surface area (Å²) in [5.41, 5.74) is 0. The molecule has 0 bridgehead atoms. The molecular weight excluding hydrogens is 192 g/mol. The van der Waals surface area contributed by atoms with Crippen molar-refractivity contribution in [2.45, 2.75) is 43.5 Å². The minimum atomic E-state index is 0.419. The van der Waals surface area contributed by atoms with E-state index in [1.165, 1.54) is 44.5 Å². The summed E-state index contributed by atoms with van der Waals surface area (Å²) in [5.74, 6) is 1.35. The maximum absolute atomic E-state index is 3.83. The lowest BCUT2D eigenvalue weighted by Crippen LogP contribution is -2.50. The van der Waals surface area contributed by atoms with Crippen LogP contribution in [-0.4, -0.2) is 41.7 Å². The van der Waals surface area contributed by atoms with Crippen molar-refractivity contribution in [1.82, 2.24) is 10.2 Å². The molecule has 2 fully saturated rings. The zero-order valence-corrected chi connectivity index (χ0v) is 10.2. The first-order valence-electron chi connectivity index (χ1n) is 5.80. The quantitative estimate of drug-likeness (QED) is 0.663. The Labute approximate surface area is 91.8 Å². The molecule has 3 heteroatoms. The largest absolute Gasteiger partial charge is 0.306 e. The van der Waals surface area contributed by atoms with Crippen LogP contribution in [0, 0.1) is 0 Å². The van der Waals surface area contributed by atoms with Gasteiger partial charge in [0.2, 0.25) is 0 Å². The number of nitrogens with zero attached hydrogens (tertiary/aromatic N) is 1. The highest BCUT2D eigenvalue weighted by Gasteiger charge is 2.35. The van der Waals surface area contributed by atoms with Crippen LogP contribution in [-0.2, 0) is 0 Å². The van der Waals surface area contributed by atoms with Crippen molar-refractivity contribution < 1.29 is 0 Å². The molecule has 0 radical (unpaired) electrons. The maximum Gasteiger partial charge on any atom is 0.0659 e. The lowest BCUT2D eigenvalue weighted by atomic mass is 10.1. The Hall–Kier alpha value is 0.270. The summed E-state index contributed by atoms with van der Waals surface area (Å²) in [7, 11) is 2.25. The summed E-state index contributed by atoms with van der Waals surface area (Å²) in [6.45, 7) is 4.86. The molecule has 82 valence electrons. The van der Waals surface area contributed by atoms with Crippen LogP contribution < -0.4 is 5.32 Å². The highest BCUT2D eigenvalue weighted by molar-refractivity contribution is 8.00. The van der Waals surface area contributed by atoms with Crippen molar-refractivity contribution in [3.8, 4) is 0 Å². The monoisotopic (exact) mass is 214 g/mol. The molecule has 0 aromatic heterocycles. The Morgan fingerprint density at radius 3 is 3.00 bits per heavy atom. The predicted octanol–water partition coefficient (Wildman–Crippen LogP) is 1.91. The second-order valence-electron chi connectivity index (χ2n) is 4.83. The van der Waals surface area contributed by atoms with Crippen molar-refractivity contribution in [1.29, 1.82) is 0 Å². The van der Waals surface area contributed by atoms with Crippen LogP contribution in [0.4, 0.5) is 0 Å². The van der Waals surface area contributed by atoms with Gasteiger partial charge in [0.15, 0.2) is 0 Å². The van der Waals surface area contributed by atoms with Crippen molar-refractivity contribution in [2.75, 3.05) is 25.9 Å². The third-order valence-electron chi connectivity index (χ3n) is 3.46. The summed E-state index contributed by atoms with van der Waals surface area (Å²) in [6, 6.07) is 0.722. The molecule has 0 aromatic rings. The molecule has 2 rings (SSSR count). The Morgan fingerprint density at radius 1 is 1.36 bits per heavy atom. The first kappa shape index (κ1) is 10.8. The van der Waals surface area contributed by atoms with E-state index in [2.05, 4.69) is 35.9 Å². The second-order valence-corrected chi connectivity index (χ2v) is 6.31. The van der Waals surface area contributed by atoms with Gasteiger partial charge in [0.1, 0.15) is 0 Å². The molecule has 0 saturated carbocycles. The Kier molecular flexibility index (Phi) is 3.40. The summed E-state index contributed by atoms with van der Waals surface area (Å²) in [5, 5.41) is 3.83. The van der Waals surface area contributed by atoms with Gasteiger partial charge in [-0.05, 0) is 52.0 Å². The first-order valence-corrected chi connectivity index (χ1v) is 6.79. The highest BCUT2D eigenvalue weighted by Crippen LogP contribution is 2.37. The zero-order chi connectivity index (χ0) is 10.0. The molecule has 1 spiro atoms. The van der Waals surface area contributed by atoms with Crippen molar-refractivity contribution >= 4 is 11.8 Å². The third kappa shape index (κ3) is 2.44. The molecule has 0 aliphatic carbocycles. The maximum atomic E-state index is 3.83. The van der Waals surface area contributed by atoms with Crippen LogP contribution in [0.15, 0.2) is 0 Å². The third-order valence-corrected chi connectivity index (χ3v) is 4.97. The Balaban J connectivity index is 1.99. The van der Waals surface area contributed by atoms with Crippen molar-refractivity contribution in [3.05, 3.63) is 0 Å². The van der Waals surface area contributed by atoms with Gasteiger partial charge in [0, 0.05) is 12.6 Å². The topological polar surface area (TPSA) is 15.3 Å². The average molecular weight is 214 g/mol. The van der Waals surface area contributed by atoms with Gasteiger partial charge in [0.25, 0.3) is 0 Å². The smallest absolute Gasteiger partial charge is 0.0659 e. The number of thioether (sulfide) groups is 1. The van der Waals surface area contributed by atoms with Crippen LogP contribution in [0.3, 0.4) is 0 Å². The van der Waals surface area contributed by atoms with Crippen LogP contribution in [0.1, 0.15) is 32.6 Å². The molecule has 0 aromatic carbocycles. The number of nitrogens with one attached hydrogen (secondary N) is 1. The van der Waals surface area contributed by atoms with E-state index in [-0.39, 0.29) is 0 Å². The number of likely N-dealkylation sites (tertiary alicyclic amines) is 1. The number of hydrogen-bond acceptors (Lipinski definition) is 3. The molecule has 14 heavy (non-hydrogen) atoms. The number of rotatable bonds is 0. The molecule has 1 N–H and O–H groups in total. The van der Waals surface area contributed by atoms with E-state index in [1.54, 1.807) is 0 Å². The van der Waals surface area contributed by atoms with Gasteiger partial charge in [0.05, 0.1) is 4.87 Å². The molecule has 2 heterocycles. The summed E-state index contributed by atoms with van der Waals surface area (Å²) in [4.78, 5) is 2.89. The fraction of sp³-hybridized carbons (Fsp3) is 1.00. The van der Waals surface area contributed by atoms with Gasteiger partial charge in [-0.25, -0.2) is 0 Å². The molecular formula is C11H22N2S. The van der Waals surface area contributed by atoms with Gasteiger partial charge >= 0.3 is 0 Å². The van der Waals surface area contributed by atoms with E-state index in [4.69, 9.17) is 0 Å². The van der Waals surface area contributed by atoms with Crippen molar-refractivity contribution in [3.63, 3.8) is 0 Å². The molecule has 0 amide bonds. The van der Waals surface area contributed by atoms with Gasteiger partial charge in [-0.15, -0.1) is 11.8 Å². The van der Waals surface area contributed by atoms with E-state index in [9.17, 15) is 0 Å². The standard InChI is InChI=1S/C11H22N2S/c1-10-4-9-14-11(12-10)5-3-7-13(2)8-6-11/h10,12H,3-9H2,1-2H3. The summed E-state index contributed by atoms with van der Waals surface area (Å²) >= 11 is 2.17. The van der Waals surface area contributed by atoms with Gasteiger partial charge in [-0.3, -0.25) is 0 Å². The van der Waals surface area contributed by atoms with E-state index < -0.39 is 0 Å². The zero-order valence-electron chi connectivity index (χ0n) is 9.38. The van der Waals surface area contributed by atoms with Crippen LogP contribution in [0.25, 0.3) is 0 Å². The predicted molar refractivity (Wildman–Crippen MR) is 63.8 cm³/mol. The Morgan fingerprint density at radius 2 is 2.21 bits per heavy atom. The van der Waals surface area contributed by atoms with E-state index >= 15 is 0 Å². The van der Waals surface area contributed by atoms with Crippen LogP contribution >= 0.6 is 11.8 Å². The lowest BCUT2D eigenvalue weighted by molar-refractivity contribution is 0.324. The normalized spacial score (nSPS) is 41.1. The summed E-state index contributed by atoms with van der Waals surface area (Å²) < 4.78 is 0. The van der Waals surface area contributed by atoms with Gasteiger partial charge < -0.3 is 10.2 Å². The fourth-order valence-electron chi connectivity index (χ4n) is 2.53. The fourth-order valence-corrected chi connectivity index (χ4v) is 4.20. The van der Waals surface area contributed by atoms with Crippen molar-refractivity contribution in [2.24, 2.45) is 0 Å². The lowest BCUT2D eigenvalue weighted by Gasteiger charge is -2.40. The van der Waals surface area contributed by atoms with E-state index in [0.717, 1.165) is 6.04 Å². The van der Waals surface area contributed by atoms with E-state index in [0.29, 0.717) is 4.87 Å². The average Bonchev–Trinajstić information content (AvgIpc) is 2.30. The second kappa shape index (κ2) is 4.42. The minimum absolute atomic E-state index is 0.419. The molecule has 2 unspecified atom stereocenters. The van der Waals surface area contributed by atoms with Gasteiger partial charge in [-0.2, -0.15) is 0 Å². The van der Waals surface area contributed by atoms with Crippen LogP contribution in [0.5, 0.6) is 0 Å². The highest BCUT2D eigenvalue weighted by atomic mass is 32.2. The minimum Gasteiger partial charge on any atom is -0.306 e. The molecule has 2 aliphatic rings. The van der Waals surface area contributed by atoms with Crippen LogP contribution in [0.2, 0.25) is 0 Å². The summed E-state index contributed by atoms with van der Waals surface area (Å²) in [6.07, 6.45) is 5.36. The molecule has 2 atom stereocenters. The van der Waals surface area contributed by atoms with Gasteiger partial charge in [-0.1, -0.05) is 0 Å². The SMILES string of the molecule is CC1CCSC2(CCCN(C)CC2)N1. The van der Waals surface area contributed by atoms with E-state index in [1.807, 2.05) is 0 Å². The first-order chi connectivity index (χ1) is 6.70. The molecule has 2 saturated heterocycles. The molecule has 2 aliphatic heterocycles. The molecule has 2 nitrogen and oxygen atoms in total. The number of hydrogen-bond donors (Lipinski definition) is 1. The Bertz CT molecular complexity index is 198.